The fourth-order valence-corrected chi connectivity index (χ4v) is 1.44. The molecule has 0 saturated heterocycles. The molecule has 0 aliphatic rings. The van der Waals surface area contributed by atoms with Crippen molar-refractivity contribution in [2.24, 2.45) is 0 Å². The molecule has 0 aliphatic heterocycles. The number of pyridine rings is 1. The van der Waals surface area contributed by atoms with Gasteiger partial charge in [-0.25, -0.2) is 13.8 Å². The van der Waals surface area contributed by atoms with E-state index >= 15 is 0 Å². The fraction of sp³-hybridized carbons (Fsp3) is 0.364. The van der Waals surface area contributed by atoms with Crippen LogP contribution in [-0.4, -0.2) is 40.2 Å². The average molecular weight is 271 g/mol. The maximum atomic E-state index is 12.8. The van der Waals surface area contributed by atoms with Gasteiger partial charge in [-0.05, 0) is 13.0 Å². The summed E-state index contributed by atoms with van der Waals surface area (Å²) < 4.78 is 30.5. The van der Waals surface area contributed by atoms with Gasteiger partial charge in [-0.3, -0.25) is 4.79 Å². The van der Waals surface area contributed by atoms with Crippen molar-refractivity contribution in [2.75, 3.05) is 13.2 Å². The van der Waals surface area contributed by atoms with Crippen LogP contribution in [0.3, 0.4) is 0 Å². The Hall–Kier alpha value is -2.09. The van der Waals surface area contributed by atoms with Crippen molar-refractivity contribution < 1.29 is 23.2 Å². The van der Waals surface area contributed by atoms with Crippen molar-refractivity contribution in [1.82, 2.24) is 15.5 Å². The molecule has 0 spiro atoms. The van der Waals surface area contributed by atoms with Gasteiger partial charge in [0, 0.05) is 6.20 Å². The van der Waals surface area contributed by atoms with Gasteiger partial charge in [0.2, 0.25) is 0 Å². The zero-order valence-electron chi connectivity index (χ0n) is 9.98. The number of carbonyl (C=O) groups excluding carboxylic acids is 1. The average Bonchev–Trinajstić information content (AvgIpc) is 2.77. The number of alkyl halides is 2. The summed E-state index contributed by atoms with van der Waals surface area (Å²) in [7, 11) is 0. The maximum absolute atomic E-state index is 12.8. The van der Waals surface area contributed by atoms with Gasteiger partial charge in [0.15, 0.2) is 0 Å². The van der Waals surface area contributed by atoms with Crippen molar-refractivity contribution in [1.29, 1.82) is 0 Å². The predicted molar refractivity (Wildman–Crippen MR) is 60.9 cm³/mol. The number of fused-ring (bicyclic) bond motifs is 1. The highest BCUT2D eigenvalue weighted by Crippen LogP contribution is 2.17. The summed E-state index contributed by atoms with van der Waals surface area (Å²) in [5, 5.41) is 14.6. The number of aliphatic hydroxyl groups is 1. The quantitative estimate of drug-likeness (QED) is 0.862. The van der Waals surface area contributed by atoms with Crippen molar-refractivity contribution in [3.63, 3.8) is 0 Å². The third kappa shape index (κ3) is 2.84. The van der Waals surface area contributed by atoms with Crippen molar-refractivity contribution in [2.45, 2.75) is 12.8 Å². The van der Waals surface area contributed by atoms with Gasteiger partial charge in [-0.15, -0.1) is 0 Å². The van der Waals surface area contributed by atoms with Gasteiger partial charge in [0.25, 0.3) is 17.5 Å². The monoisotopic (exact) mass is 271 g/mol. The maximum Gasteiger partial charge on any atom is 0.287 e. The number of nitrogens with one attached hydrogen (secondary N) is 1. The van der Waals surface area contributed by atoms with E-state index in [2.05, 4.69) is 10.1 Å². The van der Waals surface area contributed by atoms with Crippen molar-refractivity contribution >= 4 is 17.0 Å². The highest BCUT2D eigenvalue weighted by molar-refractivity contribution is 5.96. The summed E-state index contributed by atoms with van der Waals surface area (Å²) in [6.45, 7) is -0.590. The van der Waals surface area contributed by atoms with Crippen LogP contribution in [0, 0.1) is 6.92 Å². The lowest BCUT2D eigenvalue weighted by molar-refractivity contribution is -0.0462. The molecule has 0 fully saturated rings. The Bertz CT molecular complexity index is 612. The molecule has 19 heavy (non-hydrogen) atoms. The van der Waals surface area contributed by atoms with Crippen LogP contribution in [-0.2, 0) is 0 Å². The molecule has 6 nitrogen and oxygen atoms in total. The first-order valence-electron chi connectivity index (χ1n) is 5.42. The molecule has 0 unspecified atom stereocenters. The molecule has 0 atom stereocenters. The Kier molecular flexibility index (Phi) is 3.43. The molecule has 0 aromatic carbocycles. The normalized spacial score (nSPS) is 11.8. The molecule has 2 rings (SSSR count). The van der Waals surface area contributed by atoms with Crippen LogP contribution in [0.1, 0.15) is 16.1 Å². The molecule has 0 radical (unpaired) electrons. The van der Waals surface area contributed by atoms with Gasteiger partial charge < -0.3 is 14.9 Å². The SMILES string of the molecule is Cc1noc2ncc(C(=O)NCC(F)(F)CO)cc12. The molecule has 8 heteroatoms. The van der Waals surface area contributed by atoms with Crippen LogP contribution in [0.5, 0.6) is 0 Å². The fourth-order valence-electron chi connectivity index (χ4n) is 1.44. The standard InChI is InChI=1S/C11H11F2N3O3/c1-6-8-2-7(3-14-10(8)19-16-6)9(18)15-4-11(12,13)5-17/h2-3,17H,4-5H2,1H3,(H,15,18). The highest BCUT2D eigenvalue weighted by atomic mass is 19.3. The topological polar surface area (TPSA) is 88.2 Å². The lowest BCUT2D eigenvalue weighted by Gasteiger charge is -2.13. The van der Waals surface area contributed by atoms with Crippen LogP contribution in [0.4, 0.5) is 8.78 Å². The van der Waals surface area contributed by atoms with Crippen LogP contribution in [0.15, 0.2) is 16.8 Å². The minimum Gasteiger partial charge on any atom is -0.390 e. The van der Waals surface area contributed by atoms with Gasteiger partial charge in [0.1, 0.15) is 6.61 Å². The molecular weight excluding hydrogens is 260 g/mol. The van der Waals surface area contributed by atoms with Crippen LogP contribution in [0.25, 0.3) is 11.1 Å². The zero-order chi connectivity index (χ0) is 14.0. The van der Waals surface area contributed by atoms with Crippen LogP contribution < -0.4 is 5.32 Å². The molecule has 2 aromatic heterocycles. The third-order valence-electron chi connectivity index (χ3n) is 2.51. The first kappa shape index (κ1) is 13.3. The van der Waals surface area contributed by atoms with Gasteiger partial charge >= 0.3 is 0 Å². The molecule has 102 valence electrons. The second kappa shape index (κ2) is 4.88. The number of amides is 1. The number of hydrogen-bond acceptors (Lipinski definition) is 5. The van der Waals surface area contributed by atoms with E-state index in [0.717, 1.165) is 0 Å². The Balaban J connectivity index is 2.15. The Morgan fingerprint density at radius 2 is 2.32 bits per heavy atom. The van der Waals surface area contributed by atoms with Gasteiger partial charge in [-0.2, -0.15) is 0 Å². The molecule has 2 N–H and O–H groups in total. The lowest BCUT2D eigenvalue weighted by Crippen LogP contribution is -2.39. The Morgan fingerprint density at radius 1 is 1.58 bits per heavy atom. The lowest BCUT2D eigenvalue weighted by atomic mass is 10.2. The zero-order valence-corrected chi connectivity index (χ0v) is 9.98. The molecule has 0 saturated carbocycles. The number of halogens is 2. The number of carbonyl (C=O) groups is 1. The van der Waals surface area contributed by atoms with E-state index in [1.54, 1.807) is 6.92 Å². The first-order chi connectivity index (χ1) is 8.93. The second-order valence-electron chi connectivity index (χ2n) is 4.04. The summed E-state index contributed by atoms with van der Waals surface area (Å²) in [6, 6.07) is 1.46. The van der Waals surface area contributed by atoms with Gasteiger partial charge in [0.05, 0.1) is 23.2 Å². The van der Waals surface area contributed by atoms with E-state index < -0.39 is 25.0 Å². The summed E-state index contributed by atoms with van der Waals surface area (Å²) in [5.41, 5.74) is 0.945. The van der Waals surface area contributed by atoms with Crippen molar-refractivity contribution in [3.05, 3.63) is 23.5 Å². The molecule has 1 amide bonds. The predicted octanol–water partition coefficient (Wildman–Crippen LogP) is 0.889. The first-order valence-corrected chi connectivity index (χ1v) is 5.42. The second-order valence-corrected chi connectivity index (χ2v) is 4.04. The van der Waals surface area contributed by atoms with Crippen LogP contribution in [0.2, 0.25) is 0 Å². The third-order valence-corrected chi connectivity index (χ3v) is 2.51. The molecule has 2 aromatic rings. The van der Waals surface area contributed by atoms with E-state index in [1.807, 2.05) is 5.32 Å². The van der Waals surface area contributed by atoms with E-state index in [4.69, 9.17) is 9.63 Å². The van der Waals surface area contributed by atoms with E-state index in [1.165, 1.54) is 12.3 Å². The molecular formula is C11H11F2N3O3. The Morgan fingerprint density at radius 3 is 3.00 bits per heavy atom. The largest absolute Gasteiger partial charge is 0.390 e. The summed E-state index contributed by atoms with van der Waals surface area (Å²) in [5.74, 6) is -4.05. The summed E-state index contributed by atoms with van der Waals surface area (Å²) in [4.78, 5) is 15.5. The molecule has 0 aliphatic carbocycles. The number of rotatable bonds is 4. The number of nitrogens with zero attached hydrogens (tertiary/aromatic N) is 2. The van der Waals surface area contributed by atoms with Crippen molar-refractivity contribution in [3.8, 4) is 0 Å². The van der Waals surface area contributed by atoms with Gasteiger partial charge in [-0.1, -0.05) is 5.16 Å². The summed E-state index contributed by atoms with van der Waals surface area (Å²) >= 11 is 0. The number of aryl methyl sites for hydroxylation is 1. The smallest absolute Gasteiger partial charge is 0.287 e. The van der Waals surface area contributed by atoms with Crippen LogP contribution >= 0.6 is 0 Å². The Labute approximate surface area is 106 Å². The highest BCUT2D eigenvalue weighted by Gasteiger charge is 2.28. The minimum absolute atomic E-state index is 0.118. The van der Waals surface area contributed by atoms with E-state index in [-0.39, 0.29) is 11.3 Å². The minimum atomic E-state index is -3.35. The number of aliphatic hydroxyl groups excluding tert-OH is 1. The number of aromatic nitrogens is 2. The summed E-state index contributed by atoms with van der Waals surface area (Å²) in [6.07, 6.45) is 1.21. The molecule has 2 heterocycles. The van der Waals surface area contributed by atoms with E-state index in [0.29, 0.717) is 11.1 Å². The van der Waals surface area contributed by atoms with E-state index in [9.17, 15) is 13.6 Å². The molecule has 0 bridgehead atoms. The number of hydrogen-bond donors (Lipinski definition) is 2.